The van der Waals surface area contributed by atoms with Gasteiger partial charge in [-0.25, -0.2) is 4.98 Å². The molecule has 0 aromatic carbocycles. The molecule has 1 fully saturated rings. The molecular formula is C11H13BrN4O. The third-order valence-electron chi connectivity index (χ3n) is 2.85. The number of nitriles is 1. The van der Waals surface area contributed by atoms with Crippen molar-refractivity contribution in [3.63, 3.8) is 0 Å². The summed E-state index contributed by atoms with van der Waals surface area (Å²) < 4.78 is 5.89. The molecule has 90 valence electrons. The average Bonchev–Trinajstić information content (AvgIpc) is 2.39. The first-order valence-corrected chi connectivity index (χ1v) is 6.25. The molecule has 5 nitrogen and oxygen atoms in total. The van der Waals surface area contributed by atoms with Gasteiger partial charge in [0.15, 0.2) is 0 Å². The highest BCUT2D eigenvalue weighted by molar-refractivity contribution is 9.10. The van der Waals surface area contributed by atoms with Gasteiger partial charge in [0.25, 0.3) is 0 Å². The van der Waals surface area contributed by atoms with Crippen molar-refractivity contribution < 1.29 is 4.74 Å². The van der Waals surface area contributed by atoms with E-state index in [2.05, 4.69) is 36.9 Å². The minimum absolute atomic E-state index is 0.170. The van der Waals surface area contributed by atoms with Gasteiger partial charge < -0.3 is 9.64 Å². The molecule has 0 saturated carbocycles. The van der Waals surface area contributed by atoms with Crippen LogP contribution in [0.4, 0.5) is 5.95 Å². The Morgan fingerprint density at radius 3 is 2.82 bits per heavy atom. The summed E-state index contributed by atoms with van der Waals surface area (Å²) in [4.78, 5) is 10.7. The molecule has 0 aliphatic carbocycles. The van der Waals surface area contributed by atoms with Crippen LogP contribution >= 0.6 is 15.9 Å². The summed E-state index contributed by atoms with van der Waals surface area (Å²) in [5.74, 6) is 1.38. The van der Waals surface area contributed by atoms with E-state index in [0.29, 0.717) is 11.8 Å². The van der Waals surface area contributed by atoms with Crippen molar-refractivity contribution in [2.45, 2.75) is 12.8 Å². The second-order valence-electron chi connectivity index (χ2n) is 3.92. The maximum atomic E-state index is 8.84. The van der Waals surface area contributed by atoms with Crippen LogP contribution in [0.5, 0.6) is 5.88 Å². The Morgan fingerprint density at radius 2 is 2.24 bits per heavy atom. The quantitative estimate of drug-likeness (QED) is 0.835. The van der Waals surface area contributed by atoms with Crippen LogP contribution in [0.1, 0.15) is 12.8 Å². The van der Waals surface area contributed by atoms with Crippen molar-refractivity contribution in [2.75, 3.05) is 25.1 Å². The average molecular weight is 297 g/mol. The maximum absolute atomic E-state index is 8.84. The summed E-state index contributed by atoms with van der Waals surface area (Å²) in [5.41, 5.74) is 0. The molecule has 0 unspecified atom stereocenters. The molecule has 1 aromatic rings. The summed E-state index contributed by atoms with van der Waals surface area (Å²) in [6.07, 6.45) is 3.44. The fourth-order valence-electron chi connectivity index (χ4n) is 1.85. The molecule has 1 aliphatic rings. The van der Waals surface area contributed by atoms with Crippen molar-refractivity contribution in [2.24, 2.45) is 5.92 Å². The highest BCUT2D eigenvalue weighted by atomic mass is 79.9. The third-order valence-corrected chi connectivity index (χ3v) is 3.40. The number of aromatic nitrogens is 2. The molecule has 1 aromatic heterocycles. The number of halogens is 1. The van der Waals surface area contributed by atoms with Crippen molar-refractivity contribution in [1.29, 1.82) is 5.26 Å². The summed E-state index contributed by atoms with van der Waals surface area (Å²) >= 11 is 3.32. The van der Waals surface area contributed by atoms with E-state index in [0.717, 1.165) is 30.4 Å². The van der Waals surface area contributed by atoms with Gasteiger partial charge in [-0.1, -0.05) is 0 Å². The second-order valence-corrected chi connectivity index (χ2v) is 4.77. The predicted molar refractivity (Wildman–Crippen MR) is 66.8 cm³/mol. The Bertz CT molecular complexity index is 438. The van der Waals surface area contributed by atoms with Gasteiger partial charge in [-0.15, -0.1) is 0 Å². The van der Waals surface area contributed by atoms with E-state index < -0.39 is 0 Å². The molecule has 17 heavy (non-hydrogen) atoms. The van der Waals surface area contributed by atoms with Crippen LogP contribution in [0.25, 0.3) is 0 Å². The Hall–Kier alpha value is -1.35. The lowest BCUT2D eigenvalue weighted by Crippen LogP contribution is -2.34. The highest BCUT2D eigenvalue weighted by Crippen LogP contribution is 2.25. The molecule has 0 amide bonds. The van der Waals surface area contributed by atoms with E-state index in [4.69, 9.17) is 10.00 Å². The monoisotopic (exact) mass is 296 g/mol. The van der Waals surface area contributed by atoms with Gasteiger partial charge in [0.05, 0.1) is 23.8 Å². The van der Waals surface area contributed by atoms with E-state index in [-0.39, 0.29) is 5.92 Å². The van der Waals surface area contributed by atoms with Gasteiger partial charge in [0, 0.05) is 19.0 Å². The minimum atomic E-state index is 0.170. The van der Waals surface area contributed by atoms with Crippen molar-refractivity contribution in [3.05, 3.63) is 10.7 Å². The molecular weight excluding hydrogens is 284 g/mol. The van der Waals surface area contributed by atoms with Crippen LogP contribution in [-0.4, -0.2) is 30.2 Å². The zero-order valence-corrected chi connectivity index (χ0v) is 11.1. The first-order chi connectivity index (χ1) is 8.24. The lowest BCUT2D eigenvalue weighted by atomic mass is 9.99. The van der Waals surface area contributed by atoms with Crippen molar-refractivity contribution >= 4 is 21.9 Å². The largest absolute Gasteiger partial charge is 0.480 e. The maximum Gasteiger partial charge on any atom is 0.232 e. The van der Waals surface area contributed by atoms with E-state index in [1.807, 2.05) is 0 Å². The summed E-state index contributed by atoms with van der Waals surface area (Å²) in [6, 6.07) is 2.31. The smallest absolute Gasteiger partial charge is 0.232 e. The minimum Gasteiger partial charge on any atom is -0.480 e. The standard InChI is InChI=1S/C11H13BrN4O/c1-17-10-9(12)7-14-11(15-10)16-4-2-8(6-13)3-5-16/h7-8H,2-5H2,1H3. The molecule has 1 saturated heterocycles. The Labute approximate surface area is 109 Å². The van der Waals surface area contributed by atoms with Crippen LogP contribution in [0.3, 0.4) is 0 Å². The van der Waals surface area contributed by atoms with E-state index in [9.17, 15) is 0 Å². The molecule has 1 aliphatic heterocycles. The number of hydrogen-bond donors (Lipinski definition) is 0. The fraction of sp³-hybridized carbons (Fsp3) is 0.545. The predicted octanol–water partition coefficient (Wildman–Crippen LogP) is 1.99. The second kappa shape index (κ2) is 5.32. The summed E-state index contributed by atoms with van der Waals surface area (Å²) in [6.45, 7) is 1.64. The molecule has 0 atom stereocenters. The van der Waals surface area contributed by atoms with Crippen LogP contribution in [0.2, 0.25) is 0 Å². The zero-order chi connectivity index (χ0) is 12.3. The van der Waals surface area contributed by atoms with Gasteiger partial charge in [0.1, 0.15) is 0 Å². The molecule has 2 rings (SSSR count). The van der Waals surface area contributed by atoms with Gasteiger partial charge >= 0.3 is 0 Å². The number of methoxy groups -OCH3 is 1. The Morgan fingerprint density at radius 1 is 1.53 bits per heavy atom. The SMILES string of the molecule is COc1nc(N2CCC(C#N)CC2)ncc1Br. The number of nitrogens with zero attached hydrogens (tertiary/aromatic N) is 4. The summed E-state index contributed by atoms with van der Waals surface area (Å²) in [7, 11) is 1.58. The van der Waals surface area contributed by atoms with Crippen LogP contribution in [0.15, 0.2) is 10.7 Å². The molecule has 0 N–H and O–H groups in total. The molecule has 0 radical (unpaired) electrons. The molecule has 2 heterocycles. The summed E-state index contributed by atoms with van der Waals surface area (Å²) in [5, 5.41) is 8.84. The molecule has 0 bridgehead atoms. The van der Waals surface area contributed by atoms with Crippen LogP contribution < -0.4 is 9.64 Å². The van der Waals surface area contributed by atoms with Gasteiger partial charge in [0.2, 0.25) is 11.8 Å². The number of hydrogen-bond acceptors (Lipinski definition) is 5. The number of ether oxygens (including phenoxy) is 1. The normalized spacial score (nSPS) is 16.6. The van der Waals surface area contributed by atoms with E-state index in [1.165, 1.54) is 0 Å². The molecule has 6 heteroatoms. The van der Waals surface area contributed by atoms with Gasteiger partial charge in [-0.3, -0.25) is 0 Å². The first kappa shape index (κ1) is 12.1. The van der Waals surface area contributed by atoms with Crippen LogP contribution in [-0.2, 0) is 0 Å². The Kier molecular flexibility index (Phi) is 3.79. The number of piperidine rings is 1. The lowest BCUT2D eigenvalue weighted by Gasteiger charge is -2.29. The van der Waals surface area contributed by atoms with Crippen molar-refractivity contribution in [3.8, 4) is 11.9 Å². The van der Waals surface area contributed by atoms with Gasteiger partial charge in [-0.2, -0.15) is 10.2 Å². The van der Waals surface area contributed by atoms with E-state index >= 15 is 0 Å². The van der Waals surface area contributed by atoms with E-state index in [1.54, 1.807) is 13.3 Å². The highest BCUT2D eigenvalue weighted by Gasteiger charge is 2.21. The number of anilines is 1. The van der Waals surface area contributed by atoms with Gasteiger partial charge in [-0.05, 0) is 28.8 Å². The Balaban J connectivity index is 2.11. The zero-order valence-electron chi connectivity index (χ0n) is 9.56. The molecule has 0 spiro atoms. The third kappa shape index (κ3) is 2.67. The topological polar surface area (TPSA) is 62.0 Å². The first-order valence-electron chi connectivity index (χ1n) is 5.45. The number of rotatable bonds is 2. The van der Waals surface area contributed by atoms with Crippen molar-refractivity contribution in [1.82, 2.24) is 9.97 Å². The fourth-order valence-corrected chi connectivity index (χ4v) is 2.20. The lowest BCUT2D eigenvalue weighted by molar-refractivity contribution is 0.392. The van der Waals surface area contributed by atoms with Crippen LogP contribution in [0, 0.1) is 17.2 Å².